The SMILES string of the molecule is Cc1nc(N2CCOCC2)ccc1N[C@@H]1CCCOC1. The molecule has 2 saturated heterocycles. The van der Waals surface area contributed by atoms with Crippen molar-refractivity contribution in [3.8, 4) is 0 Å². The summed E-state index contributed by atoms with van der Waals surface area (Å²) in [6.45, 7) is 7.19. The molecule has 2 fully saturated rings. The number of aryl methyl sites for hydroxylation is 1. The van der Waals surface area contributed by atoms with Gasteiger partial charge in [0.25, 0.3) is 0 Å². The van der Waals surface area contributed by atoms with Crippen molar-refractivity contribution in [2.45, 2.75) is 25.8 Å². The largest absolute Gasteiger partial charge is 0.379 e. The summed E-state index contributed by atoms with van der Waals surface area (Å²) < 4.78 is 10.9. The zero-order chi connectivity index (χ0) is 13.8. The van der Waals surface area contributed by atoms with E-state index in [-0.39, 0.29) is 0 Å². The van der Waals surface area contributed by atoms with Gasteiger partial charge in [-0.05, 0) is 31.9 Å². The Labute approximate surface area is 120 Å². The topological polar surface area (TPSA) is 46.6 Å². The minimum atomic E-state index is 0.415. The number of nitrogens with zero attached hydrogens (tertiary/aromatic N) is 2. The third kappa shape index (κ3) is 3.22. The van der Waals surface area contributed by atoms with Gasteiger partial charge in [-0.3, -0.25) is 0 Å². The number of hydrogen-bond donors (Lipinski definition) is 1. The lowest BCUT2D eigenvalue weighted by molar-refractivity contribution is 0.0876. The highest BCUT2D eigenvalue weighted by molar-refractivity contribution is 5.54. The van der Waals surface area contributed by atoms with Crippen LogP contribution in [0.3, 0.4) is 0 Å². The second-order valence-electron chi connectivity index (χ2n) is 5.46. The van der Waals surface area contributed by atoms with Gasteiger partial charge in [0.2, 0.25) is 0 Å². The molecule has 0 aliphatic carbocycles. The Morgan fingerprint density at radius 1 is 1.20 bits per heavy atom. The third-order valence-electron chi connectivity index (χ3n) is 3.93. The molecule has 110 valence electrons. The fraction of sp³-hybridized carbons (Fsp3) is 0.667. The molecule has 1 N–H and O–H groups in total. The van der Waals surface area contributed by atoms with Crippen molar-refractivity contribution in [2.75, 3.05) is 49.7 Å². The van der Waals surface area contributed by atoms with E-state index >= 15 is 0 Å². The van der Waals surface area contributed by atoms with E-state index in [1.807, 2.05) is 0 Å². The lowest BCUT2D eigenvalue weighted by Crippen LogP contribution is -2.37. The second kappa shape index (κ2) is 6.41. The molecule has 1 atom stereocenters. The number of pyridine rings is 1. The van der Waals surface area contributed by atoms with Crippen LogP contribution in [0.4, 0.5) is 11.5 Å². The number of anilines is 2. The molecule has 1 aromatic heterocycles. The molecule has 1 aromatic rings. The van der Waals surface area contributed by atoms with Crippen LogP contribution in [0.2, 0.25) is 0 Å². The predicted molar refractivity (Wildman–Crippen MR) is 79.5 cm³/mol. The van der Waals surface area contributed by atoms with Gasteiger partial charge in [0, 0.05) is 25.7 Å². The first-order valence-corrected chi connectivity index (χ1v) is 7.47. The Morgan fingerprint density at radius 2 is 2.05 bits per heavy atom. The van der Waals surface area contributed by atoms with Crippen LogP contribution < -0.4 is 10.2 Å². The summed E-state index contributed by atoms with van der Waals surface area (Å²) in [5.74, 6) is 1.05. The second-order valence-corrected chi connectivity index (χ2v) is 5.46. The molecular formula is C15H23N3O2. The Morgan fingerprint density at radius 3 is 2.75 bits per heavy atom. The van der Waals surface area contributed by atoms with Gasteiger partial charge in [0.15, 0.2) is 0 Å². The van der Waals surface area contributed by atoms with Gasteiger partial charge in [-0.25, -0.2) is 4.98 Å². The molecular weight excluding hydrogens is 254 g/mol. The summed E-state index contributed by atoms with van der Waals surface area (Å²) in [6, 6.07) is 4.66. The van der Waals surface area contributed by atoms with Crippen molar-refractivity contribution in [1.29, 1.82) is 0 Å². The first kappa shape index (κ1) is 13.6. The van der Waals surface area contributed by atoms with Crippen LogP contribution in [-0.4, -0.2) is 50.5 Å². The van der Waals surface area contributed by atoms with Crippen molar-refractivity contribution in [3.05, 3.63) is 17.8 Å². The van der Waals surface area contributed by atoms with Crippen molar-refractivity contribution >= 4 is 11.5 Å². The van der Waals surface area contributed by atoms with Crippen molar-refractivity contribution in [3.63, 3.8) is 0 Å². The van der Waals surface area contributed by atoms with E-state index in [1.165, 1.54) is 6.42 Å². The fourth-order valence-corrected chi connectivity index (χ4v) is 2.74. The van der Waals surface area contributed by atoms with Crippen LogP contribution >= 0.6 is 0 Å². The zero-order valence-electron chi connectivity index (χ0n) is 12.1. The van der Waals surface area contributed by atoms with Gasteiger partial charge in [-0.15, -0.1) is 0 Å². The minimum Gasteiger partial charge on any atom is -0.379 e. The Bertz CT molecular complexity index is 441. The molecule has 0 bridgehead atoms. The highest BCUT2D eigenvalue weighted by atomic mass is 16.5. The van der Waals surface area contributed by atoms with Crippen LogP contribution in [0.25, 0.3) is 0 Å². The van der Waals surface area contributed by atoms with Gasteiger partial charge in [0.1, 0.15) is 5.82 Å². The third-order valence-corrected chi connectivity index (χ3v) is 3.93. The molecule has 0 aromatic carbocycles. The van der Waals surface area contributed by atoms with E-state index in [2.05, 4.69) is 29.3 Å². The number of rotatable bonds is 3. The van der Waals surface area contributed by atoms with Crippen LogP contribution in [0.1, 0.15) is 18.5 Å². The molecule has 0 unspecified atom stereocenters. The molecule has 0 spiro atoms. The molecule has 0 amide bonds. The molecule has 5 nitrogen and oxygen atoms in total. The predicted octanol–water partition coefficient (Wildman–Crippen LogP) is 1.82. The smallest absolute Gasteiger partial charge is 0.129 e. The highest BCUT2D eigenvalue weighted by Crippen LogP contribution is 2.21. The molecule has 0 radical (unpaired) electrons. The van der Waals surface area contributed by atoms with Crippen molar-refractivity contribution < 1.29 is 9.47 Å². The summed E-state index contributed by atoms with van der Waals surface area (Å²) in [5, 5.41) is 3.55. The average molecular weight is 277 g/mol. The maximum atomic E-state index is 5.51. The van der Waals surface area contributed by atoms with Gasteiger partial charge in [0.05, 0.1) is 31.2 Å². The lowest BCUT2D eigenvalue weighted by atomic mass is 10.1. The van der Waals surface area contributed by atoms with Gasteiger partial charge < -0.3 is 19.7 Å². The fourth-order valence-electron chi connectivity index (χ4n) is 2.74. The number of morpholine rings is 1. The molecule has 5 heteroatoms. The van der Waals surface area contributed by atoms with Gasteiger partial charge >= 0.3 is 0 Å². The first-order chi connectivity index (χ1) is 9.83. The van der Waals surface area contributed by atoms with E-state index in [0.717, 1.165) is 63.1 Å². The van der Waals surface area contributed by atoms with Crippen molar-refractivity contribution in [1.82, 2.24) is 4.98 Å². The Kier molecular flexibility index (Phi) is 4.38. The van der Waals surface area contributed by atoms with Gasteiger partial charge in [-0.2, -0.15) is 0 Å². The van der Waals surface area contributed by atoms with E-state index < -0.39 is 0 Å². The number of aromatic nitrogens is 1. The monoisotopic (exact) mass is 277 g/mol. The quantitative estimate of drug-likeness (QED) is 0.913. The number of hydrogen-bond acceptors (Lipinski definition) is 5. The van der Waals surface area contributed by atoms with E-state index in [1.54, 1.807) is 0 Å². The molecule has 0 saturated carbocycles. The Balaban J connectivity index is 1.66. The highest BCUT2D eigenvalue weighted by Gasteiger charge is 2.16. The normalized spacial score (nSPS) is 23.6. The standard InChI is InChI=1S/C15H23N3O2/c1-12-14(17-13-3-2-8-20-11-13)4-5-15(16-12)18-6-9-19-10-7-18/h4-5,13,17H,2-3,6-11H2,1H3/t13-/m1/s1. The molecule has 2 aliphatic rings. The number of ether oxygens (including phenoxy) is 2. The maximum absolute atomic E-state index is 5.51. The minimum absolute atomic E-state index is 0.415. The summed E-state index contributed by atoms with van der Waals surface area (Å²) in [6.07, 6.45) is 2.31. The Hall–Kier alpha value is -1.33. The van der Waals surface area contributed by atoms with Gasteiger partial charge in [-0.1, -0.05) is 0 Å². The zero-order valence-corrected chi connectivity index (χ0v) is 12.1. The van der Waals surface area contributed by atoms with Crippen LogP contribution in [-0.2, 0) is 9.47 Å². The molecule has 3 heterocycles. The van der Waals surface area contributed by atoms with Crippen LogP contribution in [0, 0.1) is 6.92 Å². The van der Waals surface area contributed by atoms with Crippen LogP contribution in [0.15, 0.2) is 12.1 Å². The summed E-state index contributed by atoms with van der Waals surface area (Å²) in [5.41, 5.74) is 2.18. The van der Waals surface area contributed by atoms with Crippen LogP contribution in [0.5, 0.6) is 0 Å². The molecule has 2 aliphatic heterocycles. The molecule has 3 rings (SSSR count). The lowest BCUT2D eigenvalue weighted by Gasteiger charge is -2.29. The average Bonchev–Trinajstić information content (AvgIpc) is 2.51. The first-order valence-electron chi connectivity index (χ1n) is 7.47. The molecule has 20 heavy (non-hydrogen) atoms. The summed E-state index contributed by atoms with van der Waals surface area (Å²) in [7, 11) is 0. The van der Waals surface area contributed by atoms with Crippen molar-refractivity contribution in [2.24, 2.45) is 0 Å². The number of nitrogens with one attached hydrogen (secondary N) is 1. The summed E-state index contributed by atoms with van der Waals surface area (Å²) >= 11 is 0. The van der Waals surface area contributed by atoms with E-state index in [9.17, 15) is 0 Å². The van der Waals surface area contributed by atoms with E-state index in [0.29, 0.717) is 6.04 Å². The summed E-state index contributed by atoms with van der Waals surface area (Å²) in [4.78, 5) is 7.01. The maximum Gasteiger partial charge on any atom is 0.129 e. The van der Waals surface area contributed by atoms with E-state index in [4.69, 9.17) is 14.5 Å².